The molecule has 0 spiro atoms. The van der Waals surface area contributed by atoms with E-state index in [0.717, 1.165) is 36.0 Å². The van der Waals surface area contributed by atoms with E-state index in [4.69, 9.17) is 4.74 Å². The van der Waals surface area contributed by atoms with Gasteiger partial charge in [-0.15, -0.1) is 0 Å². The number of ether oxygens (including phenoxy) is 1. The van der Waals surface area contributed by atoms with E-state index in [1.165, 1.54) is 0 Å². The van der Waals surface area contributed by atoms with Crippen LogP contribution in [0.15, 0.2) is 36.5 Å². The van der Waals surface area contributed by atoms with E-state index in [-0.39, 0.29) is 6.10 Å². The Balaban J connectivity index is 2.15. The normalized spacial score (nSPS) is 12.8. The average Bonchev–Trinajstić information content (AvgIpc) is 2.45. The quantitative estimate of drug-likeness (QED) is 0.833. The van der Waals surface area contributed by atoms with Crippen molar-refractivity contribution >= 4 is 10.9 Å². The highest BCUT2D eigenvalue weighted by atomic mass is 16.5. The van der Waals surface area contributed by atoms with Crippen LogP contribution in [0.5, 0.6) is 5.75 Å². The number of hydrogen-bond donors (Lipinski definition) is 1. The zero-order valence-corrected chi connectivity index (χ0v) is 12.6. The van der Waals surface area contributed by atoms with Crippen molar-refractivity contribution in [3.63, 3.8) is 0 Å². The van der Waals surface area contributed by atoms with Gasteiger partial charge in [0.2, 0.25) is 0 Å². The molecule has 0 saturated heterocycles. The Kier molecular flexibility index (Phi) is 5.36. The van der Waals surface area contributed by atoms with Crippen molar-refractivity contribution in [1.29, 1.82) is 0 Å². The molecular weight excluding hydrogens is 248 g/mol. The Morgan fingerprint density at radius 2 is 2.05 bits per heavy atom. The molecule has 3 nitrogen and oxygen atoms in total. The van der Waals surface area contributed by atoms with Gasteiger partial charge in [-0.2, -0.15) is 0 Å². The molecule has 20 heavy (non-hydrogen) atoms. The van der Waals surface area contributed by atoms with E-state index in [1.54, 1.807) is 0 Å². The zero-order chi connectivity index (χ0) is 14.4. The molecule has 0 bridgehead atoms. The van der Waals surface area contributed by atoms with Crippen LogP contribution in [-0.4, -0.2) is 23.7 Å². The molecule has 0 saturated carbocycles. The van der Waals surface area contributed by atoms with Crippen LogP contribution in [0, 0.1) is 0 Å². The van der Waals surface area contributed by atoms with E-state index >= 15 is 0 Å². The monoisotopic (exact) mass is 272 g/mol. The Morgan fingerprint density at radius 3 is 2.80 bits per heavy atom. The third-order valence-electron chi connectivity index (χ3n) is 3.26. The number of hydrogen-bond acceptors (Lipinski definition) is 3. The van der Waals surface area contributed by atoms with Gasteiger partial charge in [-0.05, 0) is 30.7 Å². The molecule has 0 aliphatic carbocycles. The highest BCUT2D eigenvalue weighted by Gasteiger charge is 2.12. The largest absolute Gasteiger partial charge is 0.488 e. The molecule has 1 heterocycles. The van der Waals surface area contributed by atoms with Gasteiger partial charge in [0.15, 0.2) is 0 Å². The first-order valence-electron chi connectivity index (χ1n) is 7.44. The summed E-state index contributed by atoms with van der Waals surface area (Å²) in [5, 5.41) is 4.54. The lowest BCUT2D eigenvalue weighted by Gasteiger charge is -2.21. The first-order valence-corrected chi connectivity index (χ1v) is 7.44. The van der Waals surface area contributed by atoms with Gasteiger partial charge < -0.3 is 10.1 Å². The molecule has 0 radical (unpaired) electrons. The molecule has 1 aromatic heterocycles. The van der Waals surface area contributed by atoms with Crippen LogP contribution >= 0.6 is 0 Å². The maximum absolute atomic E-state index is 6.22. The van der Waals surface area contributed by atoms with Crippen LogP contribution in [-0.2, 0) is 0 Å². The molecule has 0 amide bonds. The molecule has 0 aliphatic heterocycles. The second kappa shape index (κ2) is 7.25. The van der Waals surface area contributed by atoms with Crippen LogP contribution in [0.1, 0.15) is 33.6 Å². The Hall–Kier alpha value is -1.61. The summed E-state index contributed by atoms with van der Waals surface area (Å²) in [6.45, 7) is 7.38. The maximum atomic E-state index is 6.22. The topological polar surface area (TPSA) is 34.1 Å². The highest BCUT2D eigenvalue weighted by Crippen LogP contribution is 2.25. The first kappa shape index (κ1) is 14.8. The fraction of sp³-hybridized carbons (Fsp3) is 0.471. The van der Waals surface area contributed by atoms with Gasteiger partial charge in [-0.1, -0.05) is 33.3 Å². The summed E-state index contributed by atoms with van der Waals surface area (Å²) in [7, 11) is 0. The fourth-order valence-corrected chi connectivity index (χ4v) is 2.25. The summed E-state index contributed by atoms with van der Waals surface area (Å²) >= 11 is 0. The summed E-state index contributed by atoms with van der Waals surface area (Å²) in [5.41, 5.74) is 0.983. The van der Waals surface area contributed by atoms with Crippen LogP contribution in [0.4, 0.5) is 0 Å². The molecule has 2 aromatic rings. The van der Waals surface area contributed by atoms with Crippen LogP contribution < -0.4 is 10.1 Å². The lowest BCUT2D eigenvalue weighted by atomic mass is 10.1. The van der Waals surface area contributed by atoms with E-state index in [9.17, 15) is 0 Å². The fourth-order valence-electron chi connectivity index (χ4n) is 2.25. The van der Waals surface area contributed by atoms with Gasteiger partial charge in [-0.25, -0.2) is 0 Å². The number of aromatic nitrogens is 1. The first-order chi connectivity index (χ1) is 9.70. The maximum Gasteiger partial charge on any atom is 0.129 e. The number of benzene rings is 1. The van der Waals surface area contributed by atoms with Crippen LogP contribution in [0.25, 0.3) is 10.9 Å². The molecule has 108 valence electrons. The number of nitrogens with zero attached hydrogens (tertiary/aromatic N) is 1. The van der Waals surface area contributed by atoms with Crippen molar-refractivity contribution in [3.05, 3.63) is 36.5 Å². The molecule has 1 atom stereocenters. The van der Waals surface area contributed by atoms with Crippen molar-refractivity contribution in [2.24, 2.45) is 0 Å². The lowest BCUT2D eigenvalue weighted by Crippen LogP contribution is -2.35. The summed E-state index contributed by atoms with van der Waals surface area (Å²) in [4.78, 5) is 4.37. The third-order valence-corrected chi connectivity index (χ3v) is 3.26. The van der Waals surface area contributed by atoms with Crippen LogP contribution in [0.3, 0.4) is 0 Å². The van der Waals surface area contributed by atoms with Gasteiger partial charge in [-0.3, -0.25) is 4.98 Å². The summed E-state index contributed by atoms with van der Waals surface area (Å²) < 4.78 is 6.22. The number of fused-ring (bicyclic) bond motifs is 1. The molecule has 3 heteroatoms. The van der Waals surface area contributed by atoms with Crippen molar-refractivity contribution in [2.45, 2.75) is 45.8 Å². The number of nitrogens with one attached hydrogen (secondary N) is 1. The van der Waals surface area contributed by atoms with Crippen molar-refractivity contribution in [3.8, 4) is 5.75 Å². The number of pyridine rings is 1. The van der Waals surface area contributed by atoms with Crippen molar-refractivity contribution in [1.82, 2.24) is 10.3 Å². The minimum Gasteiger partial charge on any atom is -0.488 e. The molecule has 1 unspecified atom stereocenters. The van der Waals surface area contributed by atoms with Gasteiger partial charge >= 0.3 is 0 Å². The minimum absolute atomic E-state index is 0.202. The molecule has 1 N–H and O–H groups in total. The van der Waals surface area contributed by atoms with Crippen molar-refractivity contribution < 1.29 is 4.74 Å². The third kappa shape index (κ3) is 3.94. The molecule has 2 rings (SSSR count). The highest BCUT2D eigenvalue weighted by molar-refractivity contribution is 5.84. The summed E-state index contributed by atoms with van der Waals surface area (Å²) in [6.07, 6.45) is 4.19. The Morgan fingerprint density at radius 1 is 1.20 bits per heavy atom. The van der Waals surface area contributed by atoms with E-state index in [1.807, 2.05) is 30.5 Å². The second-order valence-corrected chi connectivity index (χ2v) is 5.42. The molecule has 1 aromatic carbocycles. The lowest BCUT2D eigenvalue weighted by molar-refractivity contribution is 0.185. The van der Waals surface area contributed by atoms with Crippen LogP contribution in [0.2, 0.25) is 0 Å². The van der Waals surface area contributed by atoms with Gasteiger partial charge in [0.25, 0.3) is 0 Å². The van der Waals surface area contributed by atoms with Crippen molar-refractivity contribution in [2.75, 3.05) is 6.54 Å². The number of rotatable bonds is 7. The average molecular weight is 272 g/mol. The smallest absolute Gasteiger partial charge is 0.129 e. The van der Waals surface area contributed by atoms with E-state index in [2.05, 4.69) is 37.1 Å². The SMILES string of the molecule is CCCC(CNC(C)C)Oc1cccc2ncccc12. The summed E-state index contributed by atoms with van der Waals surface area (Å²) in [5.74, 6) is 0.930. The van der Waals surface area contributed by atoms with Gasteiger partial charge in [0, 0.05) is 24.2 Å². The predicted molar refractivity (Wildman–Crippen MR) is 84.2 cm³/mol. The molecule has 0 aliphatic rings. The molecular formula is C17H24N2O. The Labute approximate surface area is 121 Å². The second-order valence-electron chi connectivity index (χ2n) is 5.42. The van der Waals surface area contributed by atoms with Gasteiger partial charge in [0.1, 0.15) is 11.9 Å². The predicted octanol–water partition coefficient (Wildman–Crippen LogP) is 3.78. The zero-order valence-electron chi connectivity index (χ0n) is 12.6. The van der Waals surface area contributed by atoms with E-state index in [0.29, 0.717) is 6.04 Å². The Bertz CT molecular complexity index is 534. The summed E-state index contributed by atoms with van der Waals surface area (Å²) in [6, 6.07) is 10.6. The molecule has 0 fully saturated rings. The van der Waals surface area contributed by atoms with E-state index < -0.39 is 0 Å². The standard InChI is InChI=1S/C17H24N2O/c1-4-7-14(12-19-13(2)3)20-17-10-5-9-16-15(17)8-6-11-18-16/h5-6,8-11,13-14,19H,4,7,12H2,1-3H3. The minimum atomic E-state index is 0.202. The van der Waals surface area contributed by atoms with Gasteiger partial charge in [0.05, 0.1) is 5.52 Å².